The number of ketones is 1. The monoisotopic (exact) mass is 358 g/mol. The summed E-state index contributed by atoms with van der Waals surface area (Å²) in [6.07, 6.45) is 7.22. The van der Waals surface area contributed by atoms with Gasteiger partial charge in [0.25, 0.3) is 0 Å². The molecule has 2 aliphatic heterocycles. The predicted octanol–water partition coefficient (Wildman–Crippen LogP) is 2.64. The molecule has 138 valence electrons. The minimum Gasteiger partial charge on any atom is -0.497 e. The highest BCUT2D eigenvalue weighted by molar-refractivity contribution is 5.98. The van der Waals surface area contributed by atoms with E-state index >= 15 is 0 Å². The highest BCUT2D eigenvalue weighted by Gasteiger charge is 2.38. The van der Waals surface area contributed by atoms with Crippen molar-refractivity contribution in [3.63, 3.8) is 0 Å². The first kappa shape index (κ1) is 18.2. The van der Waals surface area contributed by atoms with Crippen molar-refractivity contribution in [3.05, 3.63) is 47.6 Å². The van der Waals surface area contributed by atoms with Gasteiger partial charge in [-0.15, -0.1) is 0 Å². The Morgan fingerprint density at radius 3 is 2.65 bits per heavy atom. The second-order valence-corrected chi connectivity index (χ2v) is 6.34. The second-order valence-electron chi connectivity index (χ2n) is 6.34. The van der Waals surface area contributed by atoms with Crippen LogP contribution in [0.25, 0.3) is 0 Å². The van der Waals surface area contributed by atoms with Gasteiger partial charge in [-0.3, -0.25) is 4.79 Å². The molecule has 0 spiro atoms. The van der Waals surface area contributed by atoms with E-state index in [9.17, 15) is 9.59 Å². The standard InChI is InChI=1S/C20H22O6/c1-12-8-17-16(26-17)7-5-4-6-14(21)9-13-10-15(23-2)11-18(24-3)19(13)20(22)25-12/h4-7,10-12,16-17H,8-9H2,1-3H3/b6-4+,7-5-/t12-,16-,17-/m1/s1. The van der Waals surface area contributed by atoms with E-state index in [2.05, 4.69) is 0 Å². The molecule has 26 heavy (non-hydrogen) atoms. The van der Waals surface area contributed by atoms with Gasteiger partial charge in [-0.2, -0.15) is 0 Å². The van der Waals surface area contributed by atoms with Crippen molar-refractivity contribution in [1.29, 1.82) is 0 Å². The van der Waals surface area contributed by atoms with Crippen LogP contribution in [-0.2, 0) is 20.7 Å². The summed E-state index contributed by atoms with van der Waals surface area (Å²) in [6, 6.07) is 3.27. The summed E-state index contributed by atoms with van der Waals surface area (Å²) in [5.74, 6) is 0.167. The van der Waals surface area contributed by atoms with Crippen LogP contribution in [-0.4, -0.2) is 44.3 Å². The van der Waals surface area contributed by atoms with Crippen LogP contribution in [0.15, 0.2) is 36.4 Å². The zero-order valence-electron chi connectivity index (χ0n) is 15.1. The smallest absolute Gasteiger partial charge is 0.342 e. The first-order chi connectivity index (χ1) is 12.5. The summed E-state index contributed by atoms with van der Waals surface area (Å²) >= 11 is 0. The number of methoxy groups -OCH3 is 2. The van der Waals surface area contributed by atoms with E-state index in [0.717, 1.165) is 0 Å². The summed E-state index contributed by atoms with van der Waals surface area (Å²) in [5.41, 5.74) is 0.761. The Morgan fingerprint density at radius 2 is 1.92 bits per heavy atom. The summed E-state index contributed by atoms with van der Waals surface area (Å²) in [4.78, 5) is 25.1. The molecule has 0 aromatic heterocycles. The molecule has 6 heteroatoms. The SMILES string of the molecule is COc1cc2c(c(OC)c1)C(=O)O[C@H](C)C[C@H]1O[C@@H]1/C=C\C=C\C(=O)C2. The van der Waals surface area contributed by atoms with Gasteiger partial charge in [-0.1, -0.05) is 18.2 Å². The Bertz CT molecular complexity index is 764. The maximum atomic E-state index is 12.8. The molecule has 0 amide bonds. The molecule has 2 heterocycles. The van der Waals surface area contributed by atoms with E-state index in [1.54, 1.807) is 24.3 Å². The molecule has 0 unspecified atom stereocenters. The van der Waals surface area contributed by atoms with Crippen molar-refractivity contribution in [3.8, 4) is 11.5 Å². The van der Waals surface area contributed by atoms with Crippen molar-refractivity contribution < 1.29 is 28.5 Å². The third-order valence-electron chi connectivity index (χ3n) is 4.37. The molecule has 1 saturated heterocycles. The van der Waals surface area contributed by atoms with E-state index in [4.69, 9.17) is 18.9 Å². The molecule has 3 atom stereocenters. The quantitative estimate of drug-likeness (QED) is 0.598. The molecular weight excluding hydrogens is 336 g/mol. The van der Waals surface area contributed by atoms with Crippen LogP contribution in [0.5, 0.6) is 11.5 Å². The highest BCUT2D eigenvalue weighted by Crippen LogP contribution is 2.32. The number of hydrogen-bond donors (Lipinski definition) is 0. The van der Waals surface area contributed by atoms with Gasteiger partial charge >= 0.3 is 5.97 Å². The zero-order valence-corrected chi connectivity index (χ0v) is 15.1. The molecule has 0 N–H and O–H groups in total. The Hall–Kier alpha value is -2.60. The molecule has 1 fully saturated rings. The average Bonchev–Trinajstić information content (AvgIpc) is 3.34. The van der Waals surface area contributed by atoms with Crippen LogP contribution < -0.4 is 9.47 Å². The molecule has 2 aliphatic rings. The lowest BCUT2D eigenvalue weighted by Crippen LogP contribution is -2.20. The predicted molar refractivity (Wildman–Crippen MR) is 94.7 cm³/mol. The number of esters is 1. The molecule has 0 radical (unpaired) electrons. The third-order valence-corrected chi connectivity index (χ3v) is 4.37. The summed E-state index contributed by atoms with van der Waals surface area (Å²) in [7, 11) is 2.98. The first-order valence-corrected chi connectivity index (χ1v) is 8.51. The number of fused-ring (bicyclic) bond motifs is 2. The number of carbonyl (C=O) groups excluding carboxylic acids is 2. The van der Waals surface area contributed by atoms with Crippen molar-refractivity contribution in [1.82, 2.24) is 0 Å². The largest absolute Gasteiger partial charge is 0.497 e. The van der Waals surface area contributed by atoms with Crippen LogP contribution in [0.4, 0.5) is 0 Å². The van der Waals surface area contributed by atoms with Crippen LogP contribution in [0, 0.1) is 0 Å². The fourth-order valence-electron chi connectivity index (χ4n) is 3.01. The summed E-state index contributed by atoms with van der Waals surface area (Å²) < 4.78 is 21.7. The number of hydrogen-bond acceptors (Lipinski definition) is 6. The van der Waals surface area contributed by atoms with Gasteiger partial charge in [0, 0.05) is 18.9 Å². The Balaban J connectivity index is 2.00. The number of rotatable bonds is 2. The summed E-state index contributed by atoms with van der Waals surface area (Å²) in [6.45, 7) is 1.83. The van der Waals surface area contributed by atoms with Crippen LogP contribution in [0.1, 0.15) is 29.3 Å². The van der Waals surface area contributed by atoms with Crippen molar-refractivity contribution in [2.24, 2.45) is 0 Å². The maximum absolute atomic E-state index is 12.8. The number of allylic oxidation sites excluding steroid dienone is 3. The Kier molecular flexibility index (Phi) is 5.42. The minimum absolute atomic E-state index is 0.00456. The Morgan fingerprint density at radius 1 is 1.12 bits per heavy atom. The Labute approximate surface area is 152 Å². The minimum atomic E-state index is -0.520. The van der Waals surface area contributed by atoms with E-state index in [-0.39, 0.29) is 36.1 Å². The molecule has 3 rings (SSSR count). The van der Waals surface area contributed by atoms with Crippen LogP contribution in [0.3, 0.4) is 0 Å². The van der Waals surface area contributed by atoms with Gasteiger partial charge in [0.05, 0.1) is 20.3 Å². The van der Waals surface area contributed by atoms with Crippen molar-refractivity contribution in [2.45, 2.75) is 38.1 Å². The van der Waals surface area contributed by atoms with Gasteiger partial charge in [0.1, 0.15) is 29.3 Å². The third kappa shape index (κ3) is 4.14. The molecule has 0 bridgehead atoms. The number of benzene rings is 1. The zero-order chi connectivity index (χ0) is 18.7. The van der Waals surface area contributed by atoms with E-state index in [1.165, 1.54) is 20.3 Å². The van der Waals surface area contributed by atoms with Crippen LogP contribution in [0.2, 0.25) is 0 Å². The van der Waals surface area contributed by atoms with Gasteiger partial charge in [0.15, 0.2) is 5.78 Å². The maximum Gasteiger partial charge on any atom is 0.342 e. The van der Waals surface area contributed by atoms with Gasteiger partial charge in [-0.05, 0) is 24.6 Å². The topological polar surface area (TPSA) is 74.4 Å². The number of carbonyl (C=O) groups is 2. The lowest BCUT2D eigenvalue weighted by atomic mass is 10.00. The number of epoxide rings is 1. The fourth-order valence-corrected chi connectivity index (χ4v) is 3.01. The van der Waals surface area contributed by atoms with Crippen molar-refractivity contribution in [2.75, 3.05) is 14.2 Å². The highest BCUT2D eigenvalue weighted by atomic mass is 16.6. The van der Waals surface area contributed by atoms with Gasteiger partial charge in [0.2, 0.25) is 0 Å². The lowest BCUT2D eigenvalue weighted by Gasteiger charge is -2.17. The normalized spacial score (nSPS) is 28.0. The number of ether oxygens (including phenoxy) is 4. The van der Waals surface area contributed by atoms with Gasteiger partial charge < -0.3 is 18.9 Å². The molecule has 6 nitrogen and oxygen atoms in total. The van der Waals surface area contributed by atoms with Crippen LogP contribution >= 0.6 is 0 Å². The van der Waals surface area contributed by atoms with E-state index in [0.29, 0.717) is 23.5 Å². The van der Waals surface area contributed by atoms with Crippen molar-refractivity contribution >= 4 is 11.8 Å². The van der Waals surface area contributed by atoms with Gasteiger partial charge in [-0.25, -0.2) is 4.79 Å². The first-order valence-electron chi connectivity index (χ1n) is 8.51. The molecule has 0 aliphatic carbocycles. The molecule has 1 aromatic rings. The lowest BCUT2D eigenvalue weighted by molar-refractivity contribution is -0.114. The molecule has 0 saturated carbocycles. The number of cyclic esters (lactones) is 1. The van der Waals surface area contributed by atoms with E-state index in [1.807, 2.05) is 13.0 Å². The molecular formula is C20H22O6. The second kappa shape index (κ2) is 7.74. The van der Waals surface area contributed by atoms with E-state index < -0.39 is 5.97 Å². The summed E-state index contributed by atoms with van der Waals surface area (Å²) in [5, 5.41) is 0. The molecule has 1 aromatic carbocycles. The fraction of sp³-hybridized carbons (Fsp3) is 0.400. The average molecular weight is 358 g/mol.